The van der Waals surface area contributed by atoms with Crippen LogP contribution in [0.2, 0.25) is 0 Å². The molecule has 1 fully saturated rings. The highest BCUT2D eigenvalue weighted by Gasteiger charge is 2.40. The van der Waals surface area contributed by atoms with Gasteiger partial charge in [0.15, 0.2) is 0 Å². The molecule has 1 saturated heterocycles. The van der Waals surface area contributed by atoms with Crippen LogP contribution in [0.1, 0.15) is 53.0 Å². The average Bonchev–Trinajstić information content (AvgIpc) is 2.88. The molecular formula is C21H31N3O5S. The summed E-state index contributed by atoms with van der Waals surface area (Å²) in [5.74, 6) is -0.149. The molecule has 0 aromatic heterocycles. The maximum absolute atomic E-state index is 13.3. The number of fused-ring (bicyclic) bond motifs is 1. The first-order chi connectivity index (χ1) is 13.7. The van der Waals surface area contributed by atoms with Crippen LogP contribution in [0.3, 0.4) is 0 Å². The zero-order chi connectivity index (χ0) is 22.5. The molecule has 3 rings (SSSR count). The van der Waals surface area contributed by atoms with Gasteiger partial charge in [-0.2, -0.15) is 4.31 Å². The summed E-state index contributed by atoms with van der Waals surface area (Å²) in [4.78, 5) is 26.2. The van der Waals surface area contributed by atoms with Crippen molar-refractivity contribution < 1.29 is 22.7 Å². The number of piperidine rings is 1. The van der Waals surface area contributed by atoms with E-state index in [9.17, 15) is 18.0 Å². The molecule has 1 aromatic carbocycles. The number of hydrogen-bond donors (Lipinski definition) is 1. The maximum Gasteiger partial charge on any atom is 0.410 e. The quantitative estimate of drug-likeness (QED) is 0.784. The van der Waals surface area contributed by atoms with E-state index >= 15 is 0 Å². The number of nitrogens with one attached hydrogen (secondary N) is 1. The lowest BCUT2D eigenvalue weighted by Crippen LogP contribution is -2.51. The van der Waals surface area contributed by atoms with Crippen LogP contribution in [0.25, 0.3) is 0 Å². The molecule has 0 radical (unpaired) electrons. The number of carbonyl (C=O) groups is 2. The van der Waals surface area contributed by atoms with Crippen LogP contribution >= 0.6 is 0 Å². The summed E-state index contributed by atoms with van der Waals surface area (Å²) in [6.07, 6.45) is 0.890. The molecule has 0 saturated carbocycles. The Balaban J connectivity index is 1.81. The van der Waals surface area contributed by atoms with Crippen molar-refractivity contribution in [2.24, 2.45) is 0 Å². The van der Waals surface area contributed by atoms with E-state index in [1.807, 2.05) is 0 Å². The summed E-state index contributed by atoms with van der Waals surface area (Å²) in [6, 6.07) is 4.49. The van der Waals surface area contributed by atoms with Crippen molar-refractivity contribution in [2.45, 2.75) is 69.4 Å². The van der Waals surface area contributed by atoms with Gasteiger partial charge in [0, 0.05) is 31.9 Å². The van der Waals surface area contributed by atoms with E-state index in [0.717, 1.165) is 0 Å². The normalized spacial score (nSPS) is 21.7. The Morgan fingerprint density at radius 2 is 1.97 bits per heavy atom. The van der Waals surface area contributed by atoms with Gasteiger partial charge < -0.3 is 15.0 Å². The van der Waals surface area contributed by atoms with Crippen LogP contribution in [-0.2, 0) is 25.0 Å². The lowest BCUT2D eigenvalue weighted by atomic mass is 9.86. The minimum atomic E-state index is -3.76. The molecule has 166 valence electrons. The lowest BCUT2D eigenvalue weighted by Gasteiger charge is -2.37. The van der Waals surface area contributed by atoms with Crippen LogP contribution in [0.4, 0.5) is 10.5 Å². The Morgan fingerprint density at radius 3 is 2.60 bits per heavy atom. The van der Waals surface area contributed by atoms with E-state index in [2.05, 4.69) is 5.32 Å². The molecule has 2 aliphatic heterocycles. The molecule has 0 bridgehead atoms. The summed E-state index contributed by atoms with van der Waals surface area (Å²) in [5.41, 5.74) is -0.0883. The molecular weight excluding hydrogens is 406 g/mol. The van der Waals surface area contributed by atoms with E-state index in [4.69, 9.17) is 4.74 Å². The zero-order valence-corrected chi connectivity index (χ0v) is 19.3. The molecule has 0 spiro atoms. The van der Waals surface area contributed by atoms with Gasteiger partial charge in [-0.1, -0.05) is 0 Å². The van der Waals surface area contributed by atoms with Crippen LogP contribution in [0, 0.1) is 0 Å². The fourth-order valence-electron chi connectivity index (χ4n) is 3.80. The highest BCUT2D eigenvalue weighted by atomic mass is 32.2. The second-order valence-electron chi connectivity index (χ2n) is 9.54. The van der Waals surface area contributed by atoms with Crippen molar-refractivity contribution in [1.82, 2.24) is 9.21 Å². The Morgan fingerprint density at radius 1 is 1.30 bits per heavy atom. The summed E-state index contributed by atoms with van der Waals surface area (Å²) < 4.78 is 33.5. The highest BCUT2D eigenvalue weighted by Crippen LogP contribution is 2.39. The fourth-order valence-corrected chi connectivity index (χ4v) is 5.34. The molecule has 1 N–H and O–H groups in total. The SMILES string of the molecule is CN(C(=O)OC(C)(C)C)[C@H]1CCCN(S(=O)(=O)c2ccc3c(c2)C(C)(C)C(=O)N3)C1. The number of sulfonamides is 1. The predicted molar refractivity (Wildman–Crippen MR) is 114 cm³/mol. The Bertz CT molecular complexity index is 965. The molecule has 8 nitrogen and oxygen atoms in total. The van der Waals surface area contributed by atoms with Gasteiger partial charge in [0.1, 0.15) is 5.60 Å². The summed E-state index contributed by atoms with van der Waals surface area (Å²) in [5, 5.41) is 2.79. The molecule has 2 amide bonds. The van der Waals surface area contributed by atoms with Gasteiger partial charge in [-0.3, -0.25) is 4.79 Å². The number of anilines is 1. The molecule has 30 heavy (non-hydrogen) atoms. The van der Waals surface area contributed by atoms with E-state index in [1.54, 1.807) is 53.8 Å². The summed E-state index contributed by atoms with van der Waals surface area (Å²) in [7, 11) is -2.12. The second kappa shape index (κ2) is 7.53. The molecule has 2 aliphatic rings. The fraction of sp³-hybridized carbons (Fsp3) is 0.619. The lowest BCUT2D eigenvalue weighted by molar-refractivity contribution is -0.119. The van der Waals surface area contributed by atoms with E-state index in [1.165, 1.54) is 15.3 Å². The largest absolute Gasteiger partial charge is 0.444 e. The van der Waals surface area contributed by atoms with E-state index < -0.39 is 27.1 Å². The van der Waals surface area contributed by atoms with Crippen molar-refractivity contribution in [3.8, 4) is 0 Å². The second-order valence-corrected chi connectivity index (χ2v) is 11.5. The summed E-state index contributed by atoms with van der Waals surface area (Å²) >= 11 is 0. The van der Waals surface area contributed by atoms with Gasteiger partial charge in [0.25, 0.3) is 0 Å². The topological polar surface area (TPSA) is 96.0 Å². The number of rotatable bonds is 3. The highest BCUT2D eigenvalue weighted by molar-refractivity contribution is 7.89. The van der Waals surface area contributed by atoms with Gasteiger partial charge >= 0.3 is 6.09 Å². The monoisotopic (exact) mass is 437 g/mol. The molecule has 2 heterocycles. The first-order valence-electron chi connectivity index (χ1n) is 10.2. The number of ether oxygens (including phenoxy) is 1. The molecule has 0 unspecified atom stereocenters. The Labute approximate surface area is 178 Å². The molecule has 1 aromatic rings. The van der Waals surface area contributed by atoms with Crippen LogP contribution in [0.15, 0.2) is 23.1 Å². The molecule has 1 atom stereocenters. The van der Waals surface area contributed by atoms with Crippen LogP contribution in [-0.4, -0.2) is 61.4 Å². The number of carbonyl (C=O) groups excluding carboxylic acids is 2. The number of nitrogens with zero attached hydrogens (tertiary/aromatic N) is 2. The van der Waals surface area contributed by atoms with Crippen molar-refractivity contribution in [3.05, 3.63) is 23.8 Å². The van der Waals surface area contributed by atoms with Crippen molar-refractivity contribution in [2.75, 3.05) is 25.5 Å². The van der Waals surface area contributed by atoms with Crippen molar-refractivity contribution in [1.29, 1.82) is 0 Å². The molecule has 0 aliphatic carbocycles. The van der Waals surface area contributed by atoms with Crippen molar-refractivity contribution in [3.63, 3.8) is 0 Å². The minimum absolute atomic E-state index is 0.149. The van der Waals surface area contributed by atoms with Crippen LogP contribution in [0.5, 0.6) is 0 Å². The Hall–Kier alpha value is -2.13. The maximum atomic E-state index is 13.3. The third-order valence-electron chi connectivity index (χ3n) is 5.71. The first kappa shape index (κ1) is 22.6. The third kappa shape index (κ3) is 4.18. The third-order valence-corrected chi connectivity index (χ3v) is 7.57. The summed E-state index contributed by atoms with van der Waals surface area (Å²) in [6.45, 7) is 9.53. The molecule has 9 heteroatoms. The number of likely N-dealkylation sites (N-methyl/N-ethyl adjacent to an activating group) is 1. The van der Waals surface area contributed by atoms with E-state index in [-0.39, 0.29) is 23.4 Å². The number of amides is 2. The van der Waals surface area contributed by atoms with Crippen molar-refractivity contribution >= 4 is 27.7 Å². The van der Waals surface area contributed by atoms with Gasteiger partial charge in [0.05, 0.1) is 10.3 Å². The zero-order valence-electron chi connectivity index (χ0n) is 18.5. The van der Waals surface area contributed by atoms with Gasteiger partial charge in [0.2, 0.25) is 15.9 Å². The first-order valence-corrected chi connectivity index (χ1v) is 11.6. The van der Waals surface area contributed by atoms with Gasteiger partial charge in [-0.05, 0) is 71.2 Å². The van der Waals surface area contributed by atoms with E-state index in [0.29, 0.717) is 30.6 Å². The average molecular weight is 438 g/mol. The minimum Gasteiger partial charge on any atom is -0.444 e. The van der Waals surface area contributed by atoms with Crippen LogP contribution < -0.4 is 5.32 Å². The number of benzene rings is 1. The van der Waals surface area contributed by atoms with Gasteiger partial charge in [-0.15, -0.1) is 0 Å². The predicted octanol–water partition coefficient (Wildman–Crippen LogP) is 2.94. The number of hydrogen-bond acceptors (Lipinski definition) is 5. The standard InChI is InChI=1S/C21H31N3O5S/c1-20(2,3)29-19(26)23(6)14-8-7-11-24(13-14)30(27,28)15-9-10-17-16(12-15)21(4,5)18(25)22-17/h9-10,12,14H,7-8,11,13H2,1-6H3,(H,22,25)/t14-/m0/s1. The van der Waals surface area contributed by atoms with Gasteiger partial charge in [-0.25, -0.2) is 13.2 Å². The smallest absolute Gasteiger partial charge is 0.410 e. The Kier molecular flexibility index (Phi) is 5.66.